The molecule has 20 heavy (non-hydrogen) atoms. The van der Waals surface area contributed by atoms with E-state index in [2.05, 4.69) is 15.1 Å². The van der Waals surface area contributed by atoms with Crippen LogP contribution in [0.4, 0.5) is 14.5 Å². The summed E-state index contributed by atoms with van der Waals surface area (Å²) < 4.78 is 31.5. The van der Waals surface area contributed by atoms with Gasteiger partial charge in [-0.3, -0.25) is 0 Å². The molecule has 0 aliphatic rings. The Kier molecular flexibility index (Phi) is 2.86. The van der Waals surface area contributed by atoms with E-state index in [4.69, 9.17) is 10.3 Å². The summed E-state index contributed by atoms with van der Waals surface area (Å²) in [6.45, 7) is 0. The third kappa shape index (κ3) is 2.09. The highest BCUT2D eigenvalue weighted by Crippen LogP contribution is 2.28. The van der Waals surface area contributed by atoms with Crippen LogP contribution in [0.1, 0.15) is 0 Å². The molecule has 0 aliphatic heterocycles. The maximum absolute atomic E-state index is 13.7. The minimum absolute atomic E-state index is 0.0355. The number of halogens is 2. The molecule has 0 unspecified atom stereocenters. The smallest absolute Gasteiger partial charge is 0.263 e. The van der Waals surface area contributed by atoms with Gasteiger partial charge in [-0.1, -0.05) is 11.2 Å². The van der Waals surface area contributed by atoms with E-state index in [0.717, 1.165) is 6.20 Å². The highest BCUT2D eigenvalue weighted by Gasteiger charge is 2.17. The van der Waals surface area contributed by atoms with Gasteiger partial charge in [-0.15, -0.1) is 0 Å². The van der Waals surface area contributed by atoms with E-state index in [0.29, 0.717) is 5.69 Å². The van der Waals surface area contributed by atoms with E-state index in [1.54, 1.807) is 0 Å². The number of anilines is 1. The first-order valence-electron chi connectivity index (χ1n) is 5.65. The van der Waals surface area contributed by atoms with Gasteiger partial charge in [0.25, 0.3) is 5.89 Å². The largest absolute Gasteiger partial charge is 0.398 e. The number of pyridine rings is 1. The third-order valence-electron chi connectivity index (χ3n) is 2.64. The molecule has 2 aromatic heterocycles. The molecule has 0 amide bonds. The molecule has 5 nitrogen and oxygen atoms in total. The molecule has 0 fully saturated rings. The molecule has 0 aliphatic carbocycles. The zero-order valence-corrected chi connectivity index (χ0v) is 10.0. The average molecular weight is 274 g/mol. The first-order valence-corrected chi connectivity index (χ1v) is 5.65. The third-order valence-corrected chi connectivity index (χ3v) is 2.64. The monoisotopic (exact) mass is 274 g/mol. The highest BCUT2D eigenvalue weighted by molar-refractivity contribution is 5.71. The maximum atomic E-state index is 13.7. The van der Waals surface area contributed by atoms with Crippen LogP contribution < -0.4 is 5.73 Å². The van der Waals surface area contributed by atoms with Crippen molar-refractivity contribution in [2.24, 2.45) is 0 Å². The first-order chi connectivity index (χ1) is 9.65. The van der Waals surface area contributed by atoms with Crippen molar-refractivity contribution in [3.63, 3.8) is 0 Å². The van der Waals surface area contributed by atoms with E-state index in [9.17, 15) is 8.78 Å². The van der Waals surface area contributed by atoms with Crippen molar-refractivity contribution in [2.75, 3.05) is 5.73 Å². The van der Waals surface area contributed by atoms with Crippen molar-refractivity contribution in [3.05, 3.63) is 48.2 Å². The van der Waals surface area contributed by atoms with Crippen molar-refractivity contribution in [3.8, 4) is 23.0 Å². The number of benzene rings is 1. The Labute approximate surface area is 112 Å². The summed E-state index contributed by atoms with van der Waals surface area (Å²) in [4.78, 5) is 7.83. The molecule has 0 bridgehead atoms. The Morgan fingerprint density at radius 1 is 1.10 bits per heavy atom. The Hall–Kier alpha value is -2.83. The second kappa shape index (κ2) is 4.69. The number of nitrogens with two attached hydrogens (primary N) is 1. The van der Waals surface area contributed by atoms with E-state index < -0.39 is 11.6 Å². The summed E-state index contributed by atoms with van der Waals surface area (Å²) in [5, 5.41) is 3.68. The fourth-order valence-corrected chi connectivity index (χ4v) is 1.70. The lowest BCUT2D eigenvalue weighted by Gasteiger charge is -2.00. The molecular formula is C13H8F2N4O. The van der Waals surface area contributed by atoms with Gasteiger partial charge in [-0.25, -0.2) is 13.8 Å². The SMILES string of the molecule is Nc1cccc(F)c1-c1nc(-c2ccc(F)cn2)no1. The van der Waals surface area contributed by atoms with Crippen molar-refractivity contribution >= 4 is 5.69 Å². The summed E-state index contributed by atoms with van der Waals surface area (Å²) in [7, 11) is 0. The fraction of sp³-hybridized carbons (Fsp3) is 0. The second-order valence-corrected chi connectivity index (χ2v) is 3.99. The Morgan fingerprint density at radius 2 is 1.95 bits per heavy atom. The van der Waals surface area contributed by atoms with Gasteiger partial charge < -0.3 is 10.3 Å². The standard InChI is InChI=1S/C13H8F2N4O/c14-7-4-5-10(17-6-7)12-18-13(20-19-12)11-8(15)2-1-3-9(11)16/h1-6H,16H2. The van der Waals surface area contributed by atoms with Gasteiger partial charge in [0.2, 0.25) is 5.82 Å². The van der Waals surface area contributed by atoms with Gasteiger partial charge >= 0.3 is 0 Å². The van der Waals surface area contributed by atoms with Crippen molar-refractivity contribution in [1.82, 2.24) is 15.1 Å². The molecule has 0 spiro atoms. The molecule has 3 aromatic rings. The predicted octanol–water partition coefficient (Wildman–Crippen LogP) is 2.66. The van der Waals surface area contributed by atoms with E-state index in [-0.39, 0.29) is 23.0 Å². The number of nitrogens with zero attached hydrogens (tertiary/aromatic N) is 3. The van der Waals surface area contributed by atoms with E-state index in [1.165, 1.54) is 30.3 Å². The minimum atomic E-state index is -0.563. The van der Waals surface area contributed by atoms with Crippen LogP contribution in [0.5, 0.6) is 0 Å². The molecule has 0 saturated carbocycles. The van der Waals surface area contributed by atoms with Gasteiger partial charge in [0, 0.05) is 5.69 Å². The Bertz CT molecular complexity index is 735. The van der Waals surface area contributed by atoms with Crippen LogP contribution >= 0.6 is 0 Å². The molecule has 2 N–H and O–H groups in total. The lowest BCUT2D eigenvalue weighted by molar-refractivity contribution is 0.429. The summed E-state index contributed by atoms with van der Waals surface area (Å²) in [6.07, 6.45) is 1.03. The maximum Gasteiger partial charge on any atom is 0.263 e. The van der Waals surface area contributed by atoms with Crippen LogP contribution in [-0.2, 0) is 0 Å². The first kappa shape index (κ1) is 12.2. The molecule has 3 rings (SSSR count). The van der Waals surface area contributed by atoms with E-state index in [1.807, 2.05) is 0 Å². The highest BCUT2D eigenvalue weighted by atomic mass is 19.1. The van der Waals surface area contributed by atoms with Crippen LogP contribution in [-0.4, -0.2) is 15.1 Å². The topological polar surface area (TPSA) is 77.8 Å². The molecule has 2 heterocycles. The predicted molar refractivity (Wildman–Crippen MR) is 67.3 cm³/mol. The van der Waals surface area contributed by atoms with Gasteiger partial charge in [0.15, 0.2) is 0 Å². The normalized spacial score (nSPS) is 10.7. The lowest BCUT2D eigenvalue weighted by Crippen LogP contribution is -1.93. The van der Waals surface area contributed by atoms with Gasteiger partial charge in [-0.2, -0.15) is 4.98 Å². The zero-order chi connectivity index (χ0) is 14.1. The number of aromatic nitrogens is 3. The number of rotatable bonds is 2. The van der Waals surface area contributed by atoms with Crippen molar-refractivity contribution in [2.45, 2.75) is 0 Å². The molecule has 0 atom stereocenters. The van der Waals surface area contributed by atoms with Crippen LogP contribution in [0.3, 0.4) is 0 Å². The van der Waals surface area contributed by atoms with Crippen LogP contribution in [0.25, 0.3) is 23.0 Å². The zero-order valence-electron chi connectivity index (χ0n) is 10.0. The van der Waals surface area contributed by atoms with Gasteiger partial charge in [0.1, 0.15) is 17.3 Å². The quantitative estimate of drug-likeness (QED) is 0.727. The molecule has 0 radical (unpaired) electrons. The molecular weight excluding hydrogens is 266 g/mol. The number of hydrogen-bond donors (Lipinski definition) is 1. The average Bonchev–Trinajstić information content (AvgIpc) is 2.89. The molecule has 0 saturated heterocycles. The lowest BCUT2D eigenvalue weighted by atomic mass is 10.1. The van der Waals surface area contributed by atoms with Gasteiger partial charge in [-0.05, 0) is 24.3 Å². The molecule has 7 heteroatoms. The van der Waals surface area contributed by atoms with Gasteiger partial charge in [0.05, 0.1) is 11.8 Å². The van der Waals surface area contributed by atoms with Crippen LogP contribution in [0, 0.1) is 11.6 Å². The van der Waals surface area contributed by atoms with Crippen LogP contribution in [0.15, 0.2) is 41.1 Å². The Balaban J connectivity index is 2.04. The van der Waals surface area contributed by atoms with Crippen molar-refractivity contribution < 1.29 is 13.3 Å². The summed E-state index contributed by atoms with van der Waals surface area (Å²) in [6, 6.07) is 6.86. The summed E-state index contributed by atoms with van der Waals surface area (Å²) >= 11 is 0. The summed E-state index contributed by atoms with van der Waals surface area (Å²) in [5.74, 6) is -0.965. The van der Waals surface area contributed by atoms with E-state index >= 15 is 0 Å². The number of hydrogen-bond acceptors (Lipinski definition) is 5. The van der Waals surface area contributed by atoms with Crippen molar-refractivity contribution in [1.29, 1.82) is 0 Å². The molecule has 100 valence electrons. The number of nitrogen functional groups attached to an aromatic ring is 1. The molecule has 1 aromatic carbocycles. The fourth-order valence-electron chi connectivity index (χ4n) is 1.70. The van der Waals surface area contributed by atoms with Crippen LogP contribution in [0.2, 0.25) is 0 Å². The second-order valence-electron chi connectivity index (χ2n) is 3.99. The minimum Gasteiger partial charge on any atom is -0.398 e. The summed E-state index contributed by atoms with van der Waals surface area (Å²) in [5.41, 5.74) is 6.23. The Morgan fingerprint density at radius 3 is 2.65 bits per heavy atom.